The molecule has 0 heterocycles. The summed E-state index contributed by atoms with van der Waals surface area (Å²) in [5, 5.41) is 11.9. The average Bonchev–Trinajstić information content (AvgIpc) is 2.27. The molecule has 15 heavy (non-hydrogen) atoms. The van der Waals surface area contributed by atoms with Crippen LogP contribution in [0.1, 0.15) is 18.9 Å². The van der Waals surface area contributed by atoms with Gasteiger partial charge in [-0.15, -0.1) is 0 Å². The molecule has 3 nitrogen and oxygen atoms in total. The Hall–Kier alpha value is -1.06. The zero-order valence-electron chi connectivity index (χ0n) is 9.20. The maximum Gasteiger partial charge on any atom is 0.119 e. The van der Waals surface area contributed by atoms with Gasteiger partial charge in [0.1, 0.15) is 5.75 Å². The molecular weight excluding hydrogens is 190 g/mol. The molecule has 1 aromatic rings. The Balaban J connectivity index is 2.42. The first-order valence-corrected chi connectivity index (χ1v) is 5.40. The third-order valence-corrected chi connectivity index (χ3v) is 2.05. The van der Waals surface area contributed by atoms with Crippen molar-refractivity contribution in [3.63, 3.8) is 0 Å². The van der Waals surface area contributed by atoms with Gasteiger partial charge in [0, 0.05) is 19.6 Å². The molecule has 0 saturated carbocycles. The van der Waals surface area contributed by atoms with Gasteiger partial charge in [-0.3, -0.25) is 0 Å². The van der Waals surface area contributed by atoms with Gasteiger partial charge in [-0.1, -0.05) is 19.1 Å². The Morgan fingerprint density at radius 2 is 2.27 bits per heavy atom. The molecule has 0 fully saturated rings. The molecule has 3 heteroatoms. The lowest BCUT2D eigenvalue weighted by atomic mass is 10.2. The number of aliphatic hydroxyl groups is 1. The zero-order valence-corrected chi connectivity index (χ0v) is 9.20. The molecule has 0 bridgehead atoms. The van der Waals surface area contributed by atoms with Crippen LogP contribution in [0.2, 0.25) is 0 Å². The fraction of sp³-hybridized carbons (Fsp3) is 0.500. The van der Waals surface area contributed by atoms with E-state index in [2.05, 4.69) is 18.3 Å². The fourth-order valence-electron chi connectivity index (χ4n) is 1.27. The lowest BCUT2D eigenvalue weighted by Gasteiger charge is -2.07. The molecule has 0 radical (unpaired) electrons. The Bertz CT molecular complexity index is 276. The summed E-state index contributed by atoms with van der Waals surface area (Å²) < 4.78 is 5.48. The number of aliphatic hydroxyl groups excluding tert-OH is 1. The van der Waals surface area contributed by atoms with Crippen molar-refractivity contribution >= 4 is 0 Å². The van der Waals surface area contributed by atoms with E-state index in [0.29, 0.717) is 13.0 Å². The smallest absolute Gasteiger partial charge is 0.119 e. The van der Waals surface area contributed by atoms with E-state index >= 15 is 0 Å². The van der Waals surface area contributed by atoms with Gasteiger partial charge in [0.25, 0.3) is 0 Å². The van der Waals surface area contributed by atoms with Crippen molar-refractivity contribution in [3.05, 3.63) is 29.8 Å². The predicted molar refractivity (Wildman–Crippen MR) is 61.0 cm³/mol. The van der Waals surface area contributed by atoms with Gasteiger partial charge in [-0.25, -0.2) is 0 Å². The van der Waals surface area contributed by atoms with Crippen molar-refractivity contribution in [1.29, 1.82) is 0 Å². The first-order chi connectivity index (χ1) is 7.36. The van der Waals surface area contributed by atoms with Crippen LogP contribution < -0.4 is 10.1 Å². The number of benzene rings is 1. The maximum absolute atomic E-state index is 8.63. The second-order valence-electron chi connectivity index (χ2n) is 3.35. The maximum atomic E-state index is 8.63. The first kappa shape index (κ1) is 12.0. The van der Waals surface area contributed by atoms with Gasteiger partial charge in [0.2, 0.25) is 0 Å². The third-order valence-electron chi connectivity index (χ3n) is 2.05. The van der Waals surface area contributed by atoms with Crippen molar-refractivity contribution < 1.29 is 9.84 Å². The van der Waals surface area contributed by atoms with Crippen LogP contribution in [-0.2, 0) is 6.54 Å². The quantitative estimate of drug-likeness (QED) is 0.670. The molecule has 84 valence electrons. The van der Waals surface area contributed by atoms with E-state index in [0.717, 1.165) is 18.8 Å². The van der Waals surface area contributed by atoms with Gasteiger partial charge in [0.05, 0.1) is 6.61 Å². The number of ether oxygens (including phenoxy) is 1. The minimum absolute atomic E-state index is 0.178. The molecule has 2 N–H and O–H groups in total. The van der Waals surface area contributed by atoms with Crippen LogP contribution in [-0.4, -0.2) is 24.9 Å². The van der Waals surface area contributed by atoms with Crippen LogP contribution in [0.25, 0.3) is 0 Å². The van der Waals surface area contributed by atoms with Crippen molar-refractivity contribution in [1.82, 2.24) is 5.32 Å². The van der Waals surface area contributed by atoms with Crippen molar-refractivity contribution in [2.75, 3.05) is 19.8 Å². The van der Waals surface area contributed by atoms with Gasteiger partial charge >= 0.3 is 0 Å². The summed E-state index contributed by atoms with van der Waals surface area (Å²) in [5.74, 6) is 0.874. The summed E-state index contributed by atoms with van der Waals surface area (Å²) in [7, 11) is 0. The second-order valence-corrected chi connectivity index (χ2v) is 3.35. The summed E-state index contributed by atoms with van der Waals surface area (Å²) in [6.45, 7) is 4.67. The number of nitrogens with one attached hydrogen (secondary N) is 1. The minimum atomic E-state index is 0.178. The summed E-state index contributed by atoms with van der Waals surface area (Å²) in [5.41, 5.74) is 1.22. The number of rotatable bonds is 7. The fourth-order valence-corrected chi connectivity index (χ4v) is 1.27. The monoisotopic (exact) mass is 209 g/mol. The standard InChI is InChI=1S/C12H19NO2/c1-2-13-10-11-5-3-6-12(9-11)15-8-4-7-14/h3,5-6,9,13-14H,2,4,7-8,10H2,1H3. The lowest BCUT2D eigenvalue weighted by Crippen LogP contribution is -2.11. The summed E-state index contributed by atoms with van der Waals surface area (Å²) >= 11 is 0. The van der Waals surface area contributed by atoms with Gasteiger partial charge in [-0.05, 0) is 24.2 Å². The van der Waals surface area contributed by atoms with E-state index in [-0.39, 0.29) is 6.61 Å². The SMILES string of the molecule is CCNCc1cccc(OCCCO)c1. The van der Waals surface area contributed by atoms with Crippen molar-refractivity contribution in [3.8, 4) is 5.75 Å². The van der Waals surface area contributed by atoms with E-state index in [1.165, 1.54) is 5.56 Å². The van der Waals surface area contributed by atoms with Crippen LogP contribution >= 0.6 is 0 Å². The molecule has 0 unspecified atom stereocenters. The molecular formula is C12H19NO2. The highest BCUT2D eigenvalue weighted by Crippen LogP contribution is 2.13. The number of hydrogen-bond acceptors (Lipinski definition) is 3. The molecule has 0 atom stereocenters. The van der Waals surface area contributed by atoms with Crippen LogP contribution in [0.5, 0.6) is 5.75 Å². The normalized spacial score (nSPS) is 10.3. The molecule has 1 rings (SSSR count). The highest BCUT2D eigenvalue weighted by molar-refractivity contribution is 5.28. The van der Waals surface area contributed by atoms with E-state index in [1.54, 1.807) is 0 Å². The summed E-state index contributed by atoms with van der Waals surface area (Å²) in [6.07, 6.45) is 0.678. The lowest BCUT2D eigenvalue weighted by molar-refractivity contribution is 0.233. The van der Waals surface area contributed by atoms with Crippen LogP contribution in [0.3, 0.4) is 0 Å². The first-order valence-electron chi connectivity index (χ1n) is 5.40. The van der Waals surface area contributed by atoms with E-state index in [4.69, 9.17) is 9.84 Å². The highest BCUT2D eigenvalue weighted by atomic mass is 16.5. The van der Waals surface area contributed by atoms with Crippen LogP contribution in [0, 0.1) is 0 Å². The Kier molecular flexibility index (Phi) is 5.81. The third kappa shape index (κ3) is 4.81. The summed E-state index contributed by atoms with van der Waals surface area (Å²) in [4.78, 5) is 0. The molecule has 0 aliphatic heterocycles. The number of hydrogen-bond donors (Lipinski definition) is 2. The molecule has 0 aromatic heterocycles. The van der Waals surface area contributed by atoms with E-state index < -0.39 is 0 Å². The largest absolute Gasteiger partial charge is 0.493 e. The minimum Gasteiger partial charge on any atom is -0.493 e. The second kappa shape index (κ2) is 7.26. The summed E-state index contributed by atoms with van der Waals surface area (Å²) in [6, 6.07) is 8.02. The van der Waals surface area contributed by atoms with Gasteiger partial charge < -0.3 is 15.2 Å². The van der Waals surface area contributed by atoms with Gasteiger partial charge in [-0.2, -0.15) is 0 Å². The predicted octanol–water partition coefficient (Wildman–Crippen LogP) is 1.56. The molecule has 0 saturated heterocycles. The molecule has 0 spiro atoms. The molecule has 0 aliphatic rings. The topological polar surface area (TPSA) is 41.5 Å². The Morgan fingerprint density at radius 3 is 3.00 bits per heavy atom. The highest BCUT2D eigenvalue weighted by Gasteiger charge is 1.96. The van der Waals surface area contributed by atoms with E-state index in [1.807, 2.05) is 18.2 Å². The molecule has 0 amide bonds. The molecule has 0 aliphatic carbocycles. The van der Waals surface area contributed by atoms with Crippen LogP contribution in [0.15, 0.2) is 24.3 Å². The Labute approximate surface area is 91.1 Å². The average molecular weight is 209 g/mol. The van der Waals surface area contributed by atoms with Crippen LogP contribution in [0.4, 0.5) is 0 Å². The van der Waals surface area contributed by atoms with Crippen molar-refractivity contribution in [2.24, 2.45) is 0 Å². The van der Waals surface area contributed by atoms with Crippen molar-refractivity contribution in [2.45, 2.75) is 19.9 Å². The zero-order chi connectivity index (χ0) is 10.9. The Morgan fingerprint density at radius 1 is 1.40 bits per heavy atom. The van der Waals surface area contributed by atoms with Gasteiger partial charge in [0.15, 0.2) is 0 Å². The molecule has 1 aromatic carbocycles. The van der Waals surface area contributed by atoms with E-state index in [9.17, 15) is 0 Å².